The molecule has 0 aromatic heterocycles. The van der Waals surface area contributed by atoms with Crippen LogP contribution >= 0.6 is 0 Å². The number of hydrogen-bond acceptors (Lipinski definition) is 7. The van der Waals surface area contributed by atoms with Crippen molar-refractivity contribution in [3.8, 4) is 0 Å². The second-order valence-electron chi connectivity index (χ2n) is 8.23. The van der Waals surface area contributed by atoms with Crippen molar-refractivity contribution in [1.82, 2.24) is 4.31 Å². The van der Waals surface area contributed by atoms with E-state index in [9.17, 15) is 32.5 Å². The molecule has 37 heavy (non-hydrogen) atoms. The molecular weight excluding hydrogens is 505 g/mol. The first-order chi connectivity index (χ1) is 17.7. The van der Waals surface area contributed by atoms with Crippen LogP contribution in [0.5, 0.6) is 0 Å². The summed E-state index contributed by atoms with van der Waals surface area (Å²) in [4.78, 5) is 35.0. The van der Waals surface area contributed by atoms with Crippen LogP contribution in [0, 0.1) is 15.9 Å². The Labute approximate surface area is 211 Å². The van der Waals surface area contributed by atoms with E-state index in [1.54, 1.807) is 30.3 Å². The number of carbonyl (C=O) groups excluding carboxylic acids is 2. The van der Waals surface area contributed by atoms with Gasteiger partial charge in [0.2, 0.25) is 15.8 Å². The number of nitrogens with one attached hydrogen (secondary N) is 1. The summed E-state index contributed by atoms with van der Waals surface area (Å²) in [6.07, 6.45) is 0.137. The zero-order chi connectivity index (χ0) is 26.6. The average Bonchev–Trinajstić information content (AvgIpc) is 2.89. The van der Waals surface area contributed by atoms with E-state index in [4.69, 9.17) is 4.74 Å². The number of sulfonamides is 1. The van der Waals surface area contributed by atoms with Gasteiger partial charge in [0.05, 0.1) is 22.3 Å². The molecule has 0 saturated heterocycles. The van der Waals surface area contributed by atoms with Gasteiger partial charge in [0.25, 0.3) is 5.91 Å². The number of rotatable bonds is 8. The third-order valence-electron chi connectivity index (χ3n) is 5.86. The molecule has 4 rings (SSSR count). The van der Waals surface area contributed by atoms with Gasteiger partial charge in [-0.2, -0.15) is 8.70 Å². The summed E-state index contributed by atoms with van der Waals surface area (Å²) in [6.45, 7) is -0.556. The molecule has 1 amide bonds. The smallest absolute Gasteiger partial charge is 0.308 e. The summed E-state index contributed by atoms with van der Waals surface area (Å²) in [7, 11) is -3.93. The van der Waals surface area contributed by atoms with E-state index in [0.717, 1.165) is 23.8 Å². The number of hydrogen-bond donors (Lipinski definition) is 1. The van der Waals surface area contributed by atoms with Gasteiger partial charge in [0.15, 0.2) is 6.61 Å². The first-order valence-electron chi connectivity index (χ1n) is 11.2. The monoisotopic (exact) mass is 527 g/mol. The van der Waals surface area contributed by atoms with Crippen LogP contribution in [0.25, 0.3) is 0 Å². The normalized spacial score (nSPS) is 15.4. The van der Waals surface area contributed by atoms with Gasteiger partial charge < -0.3 is 10.1 Å². The van der Waals surface area contributed by atoms with Gasteiger partial charge >= 0.3 is 11.7 Å². The lowest BCUT2D eigenvalue weighted by atomic mass is 9.92. The number of halogens is 1. The van der Waals surface area contributed by atoms with E-state index in [2.05, 4.69) is 5.32 Å². The van der Waals surface area contributed by atoms with E-state index in [1.165, 1.54) is 16.4 Å². The van der Waals surface area contributed by atoms with Crippen LogP contribution in [0.15, 0.2) is 77.7 Å². The number of esters is 1. The third kappa shape index (κ3) is 5.81. The maximum absolute atomic E-state index is 13.5. The molecule has 1 aliphatic rings. The predicted molar refractivity (Wildman–Crippen MR) is 130 cm³/mol. The number of anilines is 1. The number of ether oxygens (including phenoxy) is 1. The Hall–Kier alpha value is -4.16. The highest BCUT2D eigenvalue weighted by molar-refractivity contribution is 7.89. The minimum Gasteiger partial charge on any atom is -0.456 e. The topological polar surface area (TPSA) is 136 Å². The molecule has 10 nitrogen and oxygen atoms in total. The van der Waals surface area contributed by atoms with Crippen LogP contribution in [0.1, 0.15) is 23.6 Å². The van der Waals surface area contributed by atoms with Crippen LogP contribution in [-0.2, 0) is 30.8 Å². The second kappa shape index (κ2) is 10.8. The fourth-order valence-electron chi connectivity index (χ4n) is 4.15. The Morgan fingerprint density at radius 2 is 1.78 bits per heavy atom. The average molecular weight is 528 g/mol. The van der Waals surface area contributed by atoms with Gasteiger partial charge in [-0.25, -0.2) is 8.42 Å². The largest absolute Gasteiger partial charge is 0.456 e. The summed E-state index contributed by atoms with van der Waals surface area (Å²) in [5.41, 5.74) is 0.727. The van der Waals surface area contributed by atoms with Gasteiger partial charge in [-0.05, 0) is 41.8 Å². The van der Waals surface area contributed by atoms with Crippen LogP contribution in [0.2, 0.25) is 0 Å². The molecular formula is C25H22FN3O7S. The molecule has 0 radical (unpaired) electrons. The minimum absolute atomic E-state index is 0.0458. The van der Waals surface area contributed by atoms with Gasteiger partial charge in [-0.3, -0.25) is 19.7 Å². The van der Waals surface area contributed by atoms with Crippen molar-refractivity contribution in [3.05, 3.63) is 99.9 Å². The molecule has 3 aromatic carbocycles. The molecule has 12 heteroatoms. The molecule has 0 aliphatic carbocycles. The Kier molecular flexibility index (Phi) is 7.60. The van der Waals surface area contributed by atoms with Crippen molar-refractivity contribution in [2.75, 3.05) is 18.5 Å². The number of amides is 1. The van der Waals surface area contributed by atoms with E-state index >= 15 is 0 Å². The quantitative estimate of drug-likeness (QED) is 0.269. The van der Waals surface area contributed by atoms with Gasteiger partial charge in [0.1, 0.15) is 0 Å². The zero-order valence-electron chi connectivity index (χ0n) is 19.4. The summed E-state index contributed by atoms with van der Waals surface area (Å²) in [6, 6.07) is 17.1. The van der Waals surface area contributed by atoms with E-state index in [1.807, 2.05) is 12.1 Å². The van der Waals surface area contributed by atoms with Crippen molar-refractivity contribution in [2.24, 2.45) is 0 Å². The fourth-order valence-corrected chi connectivity index (χ4v) is 5.77. The van der Waals surface area contributed by atoms with Crippen LogP contribution in [-0.4, -0.2) is 42.7 Å². The van der Waals surface area contributed by atoms with Crippen molar-refractivity contribution < 1.29 is 32.1 Å². The minimum atomic E-state index is -3.93. The van der Waals surface area contributed by atoms with Crippen LogP contribution in [0.3, 0.4) is 0 Å². The molecule has 0 fully saturated rings. The van der Waals surface area contributed by atoms with E-state index < -0.39 is 51.0 Å². The Balaban J connectivity index is 1.47. The first-order valence-corrected chi connectivity index (χ1v) is 12.6. The molecule has 1 atom stereocenters. The lowest BCUT2D eigenvalue weighted by Gasteiger charge is -2.36. The van der Waals surface area contributed by atoms with Crippen molar-refractivity contribution in [3.63, 3.8) is 0 Å². The molecule has 1 heterocycles. The molecule has 1 N–H and O–H groups in total. The Morgan fingerprint density at radius 3 is 2.51 bits per heavy atom. The summed E-state index contributed by atoms with van der Waals surface area (Å²) >= 11 is 0. The molecule has 3 aromatic rings. The number of nitrogens with zero attached hydrogens (tertiary/aromatic N) is 2. The maximum atomic E-state index is 13.5. The zero-order valence-corrected chi connectivity index (χ0v) is 20.2. The first kappa shape index (κ1) is 25.9. The maximum Gasteiger partial charge on any atom is 0.308 e. The number of fused-ring (bicyclic) bond motifs is 1. The Bertz CT molecular complexity index is 1450. The van der Waals surface area contributed by atoms with Crippen LogP contribution in [0.4, 0.5) is 15.8 Å². The second-order valence-corrected chi connectivity index (χ2v) is 10.1. The lowest BCUT2D eigenvalue weighted by Crippen LogP contribution is -2.41. The highest BCUT2D eigenvalue weighted by atomic mass is 32.2. The fraction of sp³-hybridized carbons (Fsp3) is 0.200. The van der Waals surface area contributed by atoms with Crippen molar-refractivity contribution >= 4 is 33.3 Å². The van der Waals surface area contributed by atoms with Gasteiger partial charge in [-0.1, -0.05) is 42.5 Å². The highest BCUT2D eigenvalue weighted by Crippen LogP contribution is 2.36. The van der Waals surface area contributed by atoms with Gasteiger partial charge in [-0.15, -0.1) is 0 Å². The SMILES string of the molecule is O=C(COC(=O)CC1c2ccccc2CCN1S(=O)(=O)c1ccccc1)Nc1ccc(F)c([N+](=O)[O-])c1. The predicted octanol–water partition coefficient (Wildman–Crippen LogP) is 3.59. The summed E-state index contributed by atoms with van der Waals surface area (Å²) in [5, 5.41) is 13.2. The standard InChI is InChI=1S/C25H22FN3O7S/c26-21-11-10-18(14-23(21)29(32)33)27-24(30)16-36-25(31)15-22-20-9-5-4-6-17(20)12-13-28(22)37(34,35)19-7-2-1-3-8-19/h1-11,14,22H,12-13,15-16H2,(H,27,30). The summed E-state index contributed by atoms with van der Waals surface area (Å²) < 4.78 is 46.6. The molecule has 1 unspecified atom stereocenters. The van der Waals surface area contributed by atoms with E-state index in [-0.39, 0.29) is 23.5 Å². The number of benzene rings is 3. The third-order valence-corrected chi connectivity index (χ3v) is 7.79. The number of nitro groups is 1. The van der Waals surface area contributed by atoms with Gasteiger partial charge in [0, 0.05) is 18.3 Å². The molecule has 1 aliphatic heterocycles. The van der Waals surface area contributed by atoms with Crippen molar-refractivity contribution in [1.29, 1.82) is 0 Å². The number of nitro benzene ring substituents is 1. The highest BCUT2D eigenvalue weighted by Gasteiger charge is 2.37. The van der Waals surface area contributed by atoms with Crippen LogP contribution < -0.4 is 5.32 Å². The Morgan fingerprint density at radius 1 is 1.08 bits per heavy atom. The molecule has 192 valence electrons. The molecule has 0 bridgehead atoms. The molecule has 0 spiro atoms. The number of carbonyl (C=O) groups is 2. The van der Waals surface area contributed by atoms with E-state index in [0.29, 0.717) is 12.0 Å². The summed E-state index contributed by atoms with van der Waals surface area (Å²) in [5.74, 6) is -2.67. The lowest BCUT2D eigenvalue weighted by molar-refractivity contribution is -0.387. The molecule has 0 saturated carbocycles. The van der Waals surface area contributed by atoms with Crippen molar-refractivity contribution in [2.45, 2.75) is 23.8 Å².